The number of nitrogens with one attached hydrogen (secondary N) is 1. The number of halogens is 1. The molecule has 0 radical (unpaired) electrons. The van der Waals surface area contributed by atoms with Gasteiger partial charge in [0.1, 0.15) is 5.75 Å². The maximum atomic E-state index is 9.83. The number of phenolic OH excluding ortho intramolecular Hbond substituents is 1. The summed E-state index contributed by atoms with van der Waals surface area (Å²) in [5.74, 6) is 0.319. The monoisotopic (exact) mass is 352 g/mol. The minimum Gasteiger partial charge on any atom is -0.508 e. The van der Waals surface area contributed by atoms with Crippen LogP contribution in [0.15, 0.2) is 40.2 Å². The van der Waals surface area contributed by atoms with E-state index in [-0.39, 0.29) is 6.04 Å². The van der Waals surface area contributed by atoms with E-state index in [4.69, 9.17) is 0 Å². The Kier molecular flexibility index (Phi) is 4.41. The molecule has 0 aliphatic carbocycles. The summed E-state index contributed by atoms with van der Waals surface area (Å²) in [6.45, 7) is 4.06. The van der Waals surface area contributed by atoms with Crippen molar-refractivity contribution in [1.29, 1.82) is 0 Å². The summed E-state index contributed by atoms with van der Waals surface area (Å²) in [5.41, 5.74) is 1.13. The zero-order valence-corrected chi connectivity index (χ0v) is 13.5. The average molecular weight is 353 g/mol. The van der Waals surface area contributed by atoms with Crippen LogP contribution in [0.5, 0.6) is 5.75 Å². The fraction of sp³-hybridized carbons (Fsp3) is 0.333. The number of benzene rings is 1. The molecular weight excluding hydrogens is 336 g/mol. The Bertz CT molecular complexity index is 567. The lowest BCUT2D eigenvalue weighted by Crippen LogP contribution is -2.45. The van der Waals surface area contributed by atoms with Crippen molar-refractivity contribution >= 4 is 27.3 Å². The predicted octanol–water partition coefficient (Wildman–Crippen LogP) is 3.21. The van der Waals surface area contributed by atoms with Crippen molar-refractivity contribution in [3.8, 4) is 5.75 Å². The number of hydrogen-bond acceptors (Lipinski definition) is 4. The van der Waals surface area contributed by atoms with Crippen LogP contribution in [-0.2, 0) is 0 Å². The van der Waals surface area contributed by atoms with Crippen molar-refractivity contribution < 1.29 is 5.11 Å². The van der Waals surface area contributed by atoms with E-state index < -0.39 is 0 Å². The van der Waals surface area contributed by atoms with Gasteiger partial charge in [-0.05, 0) is 35.2 Å². The van der Waals surface area contributed by atoms with Crippen LogP contribution in [0.2, 0.25) is 0 Å². The summed E-state index contributed by atoms with van der Waals surface area (Å²) in [7, 11) is 0. The van der Waals surface area contributed by atoms with Gasteiger partial charge in [-0.3, -0.25) is 4.90 Å². The van der Waals surface area contributed by atoms with Crippen LogP contribution in [0.1, 0.15) is 16.5 Å². The third-order valence-electron chi connectivity index (χ3n) is 3.60. The van der Waals surface area contributed by atoms with Crippen LogP contribution in [0.3, 0.4) is 0 Å². The van der Waals surface area contributed by atoms with Gasteiger partial charge in [0, 0.05) is 35.5 Å². The van der Waals surface area contributed by atoms with Crippen molar-refractivity contribution in [1.82, 2.24) is 10.2 Å². The summed E-state index contributed by atoms with van der Waals surface area (Å²) < 4.78 is 1.05. The molecule has 2 heterocycles. The highest BCUT2D eigenvalue weighted by molar-refractivity contribution is 9.10. The van der Waals surface area contributed by atoms with Gasteiger partial charge in [0.05, 0.1) is 6.04 Å². The molecule has 1 aliphatic rings. The number of aromatic hydroxyl groups is 1. The zero-order chi connectivity index (χ0) is 13.9. The lowest BCUT2D eigenvalue weighted by atomic mass is 10.0. The van der Waals surface area contributed by atoms with E-state index >= 15 is 0 Å². The fourth-order valence-corrected chi connectivity index (χ4v) is 4.00. The van der Waals surface area contributed by atoms with Crippen LogP contribution >= 0.6 is 27.3 Å². The standard InChI is InChI=1S/C15H17BrN2OS/c16-13-4-3-11(19)10-12(13)15(14-2-1-9-20-14)18-7-5-17-6-8-18/h1-4,9-10,15,17,19H,5-8H2/t15-/m1/s1. The summed E-state index contributed by atoms with van der Waals surface area (Å²) in [6.07, 6.45) is 0. The third-order valence-corrected chi connectivity index (χ3v) is 5.25. The minimum atomic E-state index is 0.207. The quantitative estimate of drug-likeness (QED) is 0.890. The number of hydrogen-bond donors (Lipinski definition) is 2. The Morgan fingerprint density at radius 3 is 2.75 bits per heavy atom. The molecule has 1 aromatic carbocycles. The molecule has 0 saturated carbocycles. The summed E-state index contributed by atoms with van der Waals surface area (Å²) in [5, 5.41) is 15.3. The molecular formula is C15H17BrN2OS. The average Bonchev–Trinajstić information content (AvgIpc) is 2.98. The van der Waals surface area contributed by atoms with Gasteiger partial charge in [-0.25, -0.2) is 0 Å². The first-order chi connectivity index (χ1) is 9.75. The summed E-state index contributed by atoms with van der Waals surface area (Å²) in [6, 6.07) is 9.99. The number of phenols is 1. The molecule has 20 heavy (non-hydrogen) atoms. The van der Waals surface area contributed by atoms with Crippen molar-refractivity contribution in [2.24, 2.45) is 0 Å². The molecule has 0 amide bonds. The lowest BCUT2D eigenvalue weighted by molar-refractivity contribution is 0.200. The first-order valence-corrected chi connectivity index (χ1v) is 8.39. The normalized spacial score (nSPS) is 18.1. The molecule has 0 bridgehead atoms. The van der Waals surface area contributed by atoms with Gasteiger partial charge in [-0.1, -0.05) is 22.0 Å². The molecule has 2 N–H and O–H groups in total. The molecule has 1 saturated heterocycles. The van der Waals surface area contributed by atoms with Gasteiger partial charge in [-0.15, -0.1) is 11.3 Å². The van der Waals surface area contributed by atoms with Crippen LogP contribution in [0.25, 0.3) is 0 Å². The lowest BCUT2D eigenvalue weighted by Gasteiger charge is -2.35. The molecule has 1 aromatic heterocycles. The Balaban J connectivity index is 2.02. The molecule has 3 nitrogen and oxygen atoms in total. The van der Waals surface area contributed by atoms with E-state index in [0.717, 1.165) is 36.2 Å². The summed E-state index contributed by atoms with van der Waals surface area (Å²) in [4.78, 5) is 3.79. The van der Waals surface area contributed by atoms with Crippen molar-refractivity contribution in [2.45, 2.75) is 6.04 Å². The fourth-order valence-electron chi connectivity index (χ4n) is 2.66. The first kappa shape index (κ1) is 14.1. The van der Waals surface area contributed by atoms with Crippen LogP contribution < -0.4 is 5.32 Å². The van der Waals surface area contributed by atoms with E-state index in [9.17, 15) is 5.11 Å². The van der Waals surface area contributed by atoms with Crippen LogP contribution in [-0.4, -0.2) is 36.2 Å². The Morgan fingerprint density at radius 2 is 2.05 bits per heavy atom. The van der Waals surface area contributed by atoms with Gasteiger partial charge in [0.25, 0.3) is 0 Å². The van der Waals surface area contributed by atoms with Crippen molar-refractivity contribution in [3.63, 3.8) is 0 Å². The molecule has 5 heteroatoms. The van der Waals surface area contributed by atoms with Gasteiger partial charge in [-0.2, -0.15) is 0 Å². The van der Waals surface area contributed by atoms with Crippen molar-refractivity contribution in [2.75, 3.05) is 26.2 Å². The highest BCUT2D eigenvalue weighted by atomic mass is 79.9. The van der Waals surface area contributed by atoms with Crippen molar-refractivity contribution in [3.05, 3.63) is 50.6 Å². The Hall–Kier alpha value is -0.880. The van der Waals surface area contributed by atoms with Gasteiger partial charge >= 0.3 is 0 Å². The molecule has 106 valence electrons. The molecule has 2 aromatic rings. The smallest absolute Gasteiger partial charge is 0.116 e. The van der Waals surface area contributed by atoms with E-state index in [2.05, 4.69) is 43.7 Å². The number of thiophene rings is 1. The van der Waals surface area contributed by atoms with Gasteiger partial charge in [0.15, 0.2) is 0 Å². The van der Waals surface area contributed by atoms with Crippen LogP contribution in [0.4, 0.5) is 0 Å². The molecule has 3 rings (SSSR count). The molecule has 1 atom stereocenters. The van der Waals surface area contributed by atoms with Gasteiger partial charge in [0.2, 0.25) is 0 Å². The maximum Gasteiger partial charge on any atom is 0.116 e. The highest BCUT2D eigenvalue weighted by Gasteiger charge is 2.26. The predicted molar refractivity (Wildman–Crippen MR) is 86.4 cm³/mol. The first-order valence-electron chi connectivity index (χ1n) is 6.72. The van der Waals surface area contributed by atoms with E-state index in [1.807, 2.05) is 12.1 Å². The molecule has 1 aliphatic heterocycles. The maximum absolute atomic E-state index is 9.83. The van der Waals surface area contributed by atoms with E-state index in [0.29, 0.717) is 5.75 Å². The number of nitrogens with zero attached hydrogens (tertiary/aromatic N) is 1. The number of rotatable bonds is 3. The Labute approximate surface area is 131 Å². The molecule has 1 fully saturated rings. The number of piperazine rings is 1. The zero-order valence-electron chi connectivity index (χ0n) is 11.1. The second kappa shape index (κ2) is 6.26. The van der Waals surface area contributed by atoms with Gasteiger partial charge < -0.3 is 10.4 Å². The van der Waals surface area contributed by atoms with E-state index in [1.165, 1.54) is 4.88 Å². The SMILES string of the molecule is Oc1ccc(Br)c([C@H](c2cccs2)N2CCNCC2)c1. The van der Waals surface area contributed by atoms with E-state index in [1.54, 1.807) is 17.4 Å². The largest absolute Gasteiger partial charge is 0.508 e. The third kappa shape index (κ3) is 2.91. The molecule has 0 spiro atoms. The highest BCUT2D eigenvalue weighted by Crippen LogP contribution is 2.37. The van der Waals surface area contributed by atoms with Crippen LogP contribution in [0, 0.1) is 0 Å². The minimum absolute atomic E-state index is 0.207. The topological polar surface area (TPSA) is 35.5 Å². The second-order valence-corrected chi connectivity index (χ2v) is 6.74. The summed E-state index contributed by atoms with van der Waals surface area (Å²) >= 11 is 5.40. The second-order valence-electron chi connectivity index (χ2n) is 4.91. The Morgan fingerprint density at radius 1 is 1.25 bits per heavy atom. The molecule has 0 unspecified atom stereocenters.